The van der Waals surface area contributed by atoms with Crippen LogP contribution in [0.1, 0.15) is 11.1 Å². The first-order valence-corrected chi connectivity index (χ1v) is 11.7. The number of fused-ring (bicyclic) bond motifs is 1. The van der Waals surface area contributed by atoms with Crippen LogP contribution in [0.2, 0.25) is 0 Å². The predicted molar refractivity (Wildman–Crippen MR) is 119 cm³/mol. The predicted octanol–water partition coefficient (Wildman–Crippen LogP) is 1.90. The smallest absolute Gasteiger partial charge is 0.420 e. The summed E-state index contributed by atoms with van der Waals surface area (Å²) in [4.78, 5) is 25.9. The highest BCUT2D eigenvalue weighted by molar-refractivity contribution is 7.89. The van der Waals surface area contributed by atoms with Gasteiger partial charge in [0.05, 0.1) is 17.5 Å². The lowest BCUT2D eigenvalue weighted by atomic mass is 10.1. The molecule has 0 spiro atoms. The Kier molecular flexibility index (Phi) is 5.83. The molecule has 0 saturated carbocycles. The normalized spacial score (nSPS) is 15.3. The molecular formula is C22H25N3O6S. The van der Waals surface area contributed by atoms with Gasteiger partial charge in [0, 0.05) is 37.9 Å². The third kappa shape index (κ3) is 3.91. The molecule has 1 aromatic heterocycles. The van der Waals surface area contributed by atoms with Crippen LogP contribution < -0.4 is 10.7 Å². The summed E-state index contributed by atoms with van der Waals surface area (Å²) in [7, 11) is -2.54. The highest BCUT2D eigenvalue weighted by Crippen LogP contribution is 2.27. The zero-order valence-electron chi connectivity index (χ0n) is 18.2. The molecule has 32 heavy (non-hydrogen) atoms. The molecule has 10 heteroatoms. The second-order valence-electron chi connectivity index (χ2n) is 7.77. The number of anilines is 1. The van der Waals surface area contributed by atoms with Crippen LogP contribution in [-0.4, -0.2) is 56.5 Å². The Hall–Kier alpha value is -3.11. The number of nitrogens with zero attached hydrogens (tertiary/aromatic N) is 3. The fourth-order valence-corrected chi connectivity index (χ4v) is 5.39. The number of methoxy groups -OCH3 is 1. The summed E-state index contributed by atoms with van der Waals surface area (Å²) in [6.07, 6.45) is 0. The molecule has 0 bridgehead atoms. The molecule has 0 aliphatic carbocycles. The quantitative estimate of drug-likeness (QED) is 0.537. The van der Waals surface area contributed by atoms with Crippen molar-refractivity contribution < 1.29 is 22.4 Å². The molecule has 0 radical (unpaired) electrons. The summed E-state index contributed by atoms with van der Waals surface area (Å²) in [6.45, 7) is 5.68. The standard InChI is InChI=1S/C22H25N3O6S/c1-15-5-4-6-18(16(15)2)23-9-11-24(12-10-23)32(28,29)17-7-8-19-20(13-17)31-22(27)25(19)14-21(26)30-3/h4-8,13H,9-12,14H2,1-3H3. The van der Waals surface area contributed by atoms with Crippen molar-refractivity contribution in [1.82, 2.24) is 8.87 Å². The van der Waals surface area contributed by atoms with E-state index in [1.54, 1.807) is 0 Å². The minimum atomic E-state index is -3.76. The molecular weight excluding hydrogens is 434 g/mol. The van der Waals surface area contributed by atoms with Crippen LogP contribution in [0.4, 0.5) is 5.69 Å². The maximum Gasteiger partial charge on any atom is 0.420 e. The summed E-state index contributed by atoms with van der Waals surface area (Å²) in [5, 5.41) is 0. The van der Waals surface area contributed by atoms with E-state index in [-0.39, 0.29) is 17.0 Å². The van der Waals surface area contributed by atoms with E-state index in [0.717, 1.165) is 10.3 Å². The lowest BCUT2D eigenvalue weighted by molar-refractivity contribution is -0.141. The molecule has 4 rings (SSSR count). The van der Waals surface area contributed by atoms with Crippen molar-refractivity contribution in [3.8, 4) is 0 Å². The Labute approximate surface area is 185 Å². The molecule has 2 aromatic carbocycles. The van der Waals surface area contributed by atoms with E-state index in [0.29, 0.717) is 31.7 Å². The largest absolute Gasteiger partial charge is 0.468 e. The van der Waals surface area contributed by atoms with Gasteiger partial charge in [0.15, 0.2) is 5.58 Å². The Morgan fingerprint density at radius 2 is 1.81 bits per heavy atom. The zero-order chi connectivity index (χ0) is 23.0. The van der Waals surface area contributed by atoms with Crippen LogP contribution in [-0.2, 0) is 26.1 Å². The van der Waals surface area contributed by atoms with Gasteiger partial charge in [-0.15, -0.1) is 0 Å². The molecule has 3 aromatic rings. The number of carbonyl (C=O) groups is 1. The Balaban J connectivity index is 1.56. The number of piperazine rings is 1. The molecule has 0 amide bonds. The molecule has 0 atom stereocenters. The molecule has 1 aliphatic rings. The number of oxazole rings is 1. The van der Waals surface area contributed by atoms with Gasteiger partial charge in [-0.3, -0.25) is 9.36 Å². The highest BCUT2D eigenvalue weighted by Gasteiger charge is 2.30. The maximum absolute atomic E-state index is 13.2. The average Bonchev–Trinajstić information content (AvgIpc) is 3.09. The van der Waals surface area contributed by atoms with Gasteiger partial charge in [0.1, 0.15) is 6.54 Å². The Morgan fingerprint density at radius 1 is 1.09 bits per heavy atom. The maximum atomic E-state index is 13.2. The number of hydrogen-bond donors (Lipinski definition) is 0. The third-order valence-electron chi connectivity index (χ3n) is 5.95. The number of sulfonamides is 1. The van der Waals surface area contributed by atoms with Gasteiger partial charge in [-0.1, -0.05) is 12.1 Å². The first-order valence-electron chi connectivity index (χ1n) is 10.2. The van der Waals surface area contributed by atoms with Crippen molar-refractivity contribution in [3.05, 3.63) is 58.1 Å². The monoisotopic (exact) mass is 459 g/mol. The number of carbonyl (C=O) groups excluding carboxylic acids is 1. The Bertz CT molecular complexity index is 1330. The minimum Gasteiger partial charge on any atom is -0.468 e. The van der Waals surface area contributed by atoms with Crippen molar-refractivity contribution in [2.75, 3.05) is 38.2 Å². The van der Waals surface area contributed by atoms with E-state index in [9.17, 15) is 18.0 Å². The fourth-order valence-electron chi connectivity index (χ4n) is 3.95. The van der Waals surface area contributed by atoms with E-state index in [4.69, 9.17) is 4.42 Å². The number of hydrogen-bond acceptors (Lipinski definition) is 7. The zero-order valence-corrected chi connectivity index (χ0v) is 19.0. The number of esters is 1. The van der Waals surface area contributed by atoms with Crippen molar-refractivity contribution >= 4 is 32.8 Å². The van der Waals surface area contributed by atoms with E-state index in [1.165, 1.54) is 40.7 Å². The second-order valence-corrected chi connectivity index (χ2v) is 9.71. The van der Waals surface area contributed by atoms with E-state index >= 15 is 0 Å². The van der Waals surface area contributed by atoms with Crippen LogP contribution >= 0.6 is 0 Å². The summed E-state index contributed by atoms with van der Waals surface area (Å²) in [6, 6.07) is 10.4. The molecule has 170 valence electrons. The molecule has 9 nitrogen and oxygen atoms in total. The Morgan fingerprint density at radius 3 is 2.50 bits per heavy atom. The number of ether oxygens (including phenoxy) is 1. The van der Waals surface area contributed by atoms with E-state index < -0.39 is 21.7 Å². The first-order chi connectivity index (χ1) is 15.2. The molecule has 0 unspecified atom stereocenters. The third-order valence-corrected chi connectivity index (χ3v) is 7.84. The summed E-state index contributed by atoms with van der Waals surface area (Å²) in [5.74, 6) is -1.35. The van der Waals surface area contributed by atoms with Crippen molar-refractivity contribution in [3.63, 3.8) is 0 Å². The van der Waals surface area contributed by atoms with Gasteiger partial charge in [0.2, 0.25) is 10.0 Å². The molecule has 1 aliphatic heterocycles. The fraction of sp³-hybridized carbons (Fsp3) is 0.364. The van der Waals surface area contributed by atoms with Crippen LogP contribution in [0, 0.1) is 13.8 Å². The second kappa shape index (κ2) is 8.44. The lowest BCUT2D eigenvalue weighted by Gasteiger charge is -2.36. The lowest BCUT2D eigenvalue weighted by Crippen LogP contribution is -2.48. The van der Waals surface area contributed by atoms with E-state index in [2.05, 4.69) is 35.6 Å². The highest BCUT2D eigenvalue weighted by atomic mass is 32.2. The van der Waals surface area contributed by atoms with Crippen molar-refractivity contribution in [1.29, 1.82) is 0 Å². The van der Waals surface area contributed by atoms with Gasteiger partial charge in [0.25, 0.3) is 0 Å². The number of aryl methyl sites for hydroxylation is 1. The van der Waals surface area contributed by atoms with Crippen LogP contribution in [0.15, 0.2) is 50.5 Å². The molecule has 0 N–H and O–H groups in total. The number of rotatable bonds is 5. The van der Waals surface area contributed by atoms with Gasteiger partial charge >= 0.3 is 11.7 Å². The first kappa shape index (κ1) is 22.1. The minimum absolute atomic E-state index is 0.0455. The summed E-state index contributed by atoms with van der Waals surface area (Å²) in [5.41, 5.74) is 3.96. The molecule has 1 fully saturated rings. The summed E-state index contributed by atoms with van der Waals surface area (Å²) < 4.78 is 38.8. The van der Waals surface area contributed by atoms with Gasteiger partial charge in [-0.2, -0.15) is 4.31 Å². The topological polar surface area (TPSA) is 102 Å². The van der Waals surface area contributed by atoms with Gasteiger partial charge in [-0.05, 0) is 43.2 Å². The van der Waals surface area contributed by atoms with Gasteiger partial charge in [-0.25, -0.2) is 13.2 Å². The van der Waals surface area contributed by atoms with Crippen LogP contribution in [0.5, 0.6) is 0 Å². The van der Waals surface area contributed by atoms with Crippen LogP contribution in [0.3, 0.4) is 0 Å². The van der Waals surface area contributed by atoms with Gasteiger partial charge < -0.3 is 14.1 Å². The van der Waals surface area contributed by atoms with Crippen molar-refractivity contribution in [2.24, 2.45) is 0 Å². The summed E-state index contributed by atoms with van der Waals surface area (Å²) >= 11 is 0. The molecule has 2 heterocycles. The van der Waals surface area contributed by atoms with Crippen molar-refractivity contribution in [2.45, 2.75) is 25.3 Å². The SMILES string of the molecule is COC(=O)Cn1c(=O)oc2cc(S(=O)(=O)N3CCN(c4cccc(C)c4C)CC3)ccc21. The van der Waals surface area contributed by atoms with E-state index in [1.807, 2.05) is 6.07 Å². The molecule has 1 saturated heterocycles. The number of benzene rings is 2. The number of aromatic nitrogens is 1. The van der Waals surface area contributed by atoms with Crippen LogP contribution in [0.25, 0.3) is 11.1 Å². The average molecular weight is 460 g/mol.